The molecule has 10 nitrogen and oxygen atoms in total. The number of hydrogen-bond acceptors (Lipinski definition) is 9. The number of nitrogens with two attached hydrogens (primary N) is 1. The summed E-state index contributed by atoms with van der Waals surface area (Å²) in [6, 6.07) is 2.90. The predicted molar refractivity (Wildman–Crippen MR) is 92.5 cm³/mol. The number of nitro benzene ring substituents is 1. The first-order chi connectivity index (χ1) is 12.6. The third kappa shape index (κ3) is 8.52. The zero-order valence-corrected chi connectivity index (χ0v) is 15.1. The van der Waals surface area contributed by atoms with E-state index in [1.807, 2.05) is 0 Å². The Balaban J connectivity index is 2.61. The summed E-state index contributed by atoms with van der Waals surface area (Å²) >= 11 is 0. The molecule has 26 heavy (non-hydrogen) atoms. The fourth-order valence-corrected chi connectivity index (χ4v) is 1.95. The maximum absolute atomic E-state index is 11.1. The number of benzene rings is 1. The number of anilines is 1. The van der Waals surface area contributed by atoms with Crippen LogP contribution in [0.5, 0.6) is 0 Å². The second-order valence-corrected chi connectivity index (χ2v) is 5.17. The zero-order valence-electron chi connectivity index (χ0n) is 15.1. The average molecular weight is 374 g/mol. The molecule has 0 bridgehead atoms. The lowest BCUT2D eigenvalue weighted by Gasteiger charge is -2.12. The molecule has 148 valence electrons. The standard InChI is InChI=1S/C16H26N2O8/c1-21-3-5-23-11-25-9-13-7-15(17)16(18(19)20)8-14(13)10-26-12-24-6-4-22-2/h7-8H,3-6,9-12,17H2,1-2H3. The van der Waals surface area contributed by atoms with Gasteiger partial charge in [-0.05, 0) is 17.2 Å². The van der Waals surface area contributed by atoms with Crippen LogP contribution in [0.25, 0.3) is 0 Å². The Labute approximate surface area is 152 Å². The summed E-state index contributed by atoms with van der Waals surface area (Å²) in [6.07, 6.45) is 0. The van der Waals surface area contributed by atoms with E-state index in [1.54, 1.807) is 14.2 Å². The Bertz CT molecular complexity index is 541. The minimum atomic E-state index is -0.535. The van der Waals surface area contributed by atoms with Crippen LogP contribution < -0.4 is 5.73 Å². The summed E-state index contributed by atoms with van der Waals surface area (Å²) in [6.45, 7) is 2.15. The summed E-state index contributed by atoms with van der Waals surface area (Å²) in [7, 11) is 3.15. The van der Waals surface area contributed by atoms with Crippen molar-refractivity contribution in [2.24, 2.45) is 0 Å². The SMILES string of the molecule is COCCOCOCc1cc(N)c([N+](=O)[O-])cc1COCOCCOC. The normalized spacial score (nSPS) is 11.0. The third-order valence-corrected chi connectivity index (χ3v) is 3.26. The molecule has 0 aliphatic rings. The molecule has 0 aliphatic heterocycles. The number of nitrogen functional groups attached to an aromatic ring is 1. The first-order valence-corrected chi connectivity index (χ1v) is 7.94. The molecule has 0 aliphatic carbocycles. The van der Waals surface area contributed by atoms with Crippen LogP contribution in [0.3, 0.4) is 0 Å². The number of rotatable bonds is 15. The molecule has 10 heteroatoms. The minimum absolute atomic E-state index is 0.0436. The van der Waals surface area contributed by atoms with E-state index in [9.17, 15) is 10.1 Å². The minimum Gasteiger partial charge on any atom is -0.393 e. The van der Waals surface area contributed by atoms with Gasteiger partial charge in [0.2, 0.25) is 0 Å². The van der Waals surface area contributed by atoms with Gasteiger partial charge in [-0.25, -0.2) is 0 Å². The van der Waals surface area contributed by atoms with Gasteiger partial charge in [-0.2, -0.15) is 0 Å². The summed E-state index contributed by atoms with van der Waals surface area (Å²) in [5.74, 6) is 0. The van der Waals surface area contributed by atoms with Crippen molar-refractivity contribution in [1.29, 1.82) is 0 Å². The van der Waals surface area contributed by atoms with E-state index in [4.69, 9.17) is 34.2 Å². The number of hydrogen-bond donors (Lipinski definition) is 1. The molecule has 0 amide bonds. The molecule has 0 aromatic heterocycles. The van der Waals surface area contributed by atoms with Crippen molar-refractivity contribution in [3.05, 3.63) is 33.4 Å². The Morgan fingerprint density at radius 2 is 1.38 bits per heavy atom. The van der Waals surface area contributed by atoms with Crippen LogP contribution in [0.15, 0.2) is 12.1 Å². The maximum atomic E-state index is 11.1. The van der Waals surface area contributed by atoms with Gasteiger partial charge in [-0.15, -0.1) is 0 Å². The van der Waals surface area contributed by atoms with Crippen molar-refractivity contribution in [1.82, 2.24) is 0 Å². The van der Waals surface area contributed by atoms with Crippen LogP contribution in [0.2, 0.25) is 0 Å². The van der Waals surface area contributed by atoms with Gasteiger partial charge in [-0.1, -0.05) is 0 Å². The lowest BCUT2D eigenvalue weighted by molar-refractivity contribution is -0.384. The molecule has 0 spiro atoms. The summed E-state index contributed by atoms with van der Waals surface area (Å²) < 4.78 is 30.9. The molecule has 0 saturated carbocycles. The quantitative estimate of drug-likeness (QED) is 0.160. The van der Waals surface area contributed by atoms with Crippen molar-refractivity contribution < 1.29 is 33.3 Å². The topological polar surface area (TPSA) is 125 Å². The molecule has 1 aromatic carbocycles. The van der Waals surface area contributed by atoms with Gasteiger partial charge in [0.05, 0.1) is 44.6 Å². The second kappa shape index (κ2) is 13.4. The fraction of sp³-hybridized carbons (Fsp3) is 0.625. The molecule has 0 radical (unpaired) electrons. The van der Waals surface area contributed by atoms with Crippen LogP contribution >= 0.6 is 0 Å². The van der Waals surface area contributed by atoms with Gasteiger partial charge in [0.25, 0.3) is 5.69 Å². The summed E-state index contributed by atoms with van der Waals surface area (Å²) in [5, 5.41) is 11.1. The highest BCUT2D eigenvalue weighted by molar-refractivity contribution is 5.61. The highest BCUT2D eigenvalue weighted by atomic mass is 16.7. The number of nitro groups is 1. The van der Waals surface area contributed by atoms with Gasteiger partial charge < -0.3 is 34.2 Å². The van der Waals surface area contributed by atoms with Crippen molar-refractivity contribution >= 4 is 11.4 Å². The van der Waals surface area contributed by atoms with Crippen LogP contribution in [-0.2, 0) is 41.6 Å². The average Bonchev–Trinajstić information content (AvgIpc) is 2.62. The predicted octanol–water partition coefficient (Wildman–Crippen LogP) is 1.45. The number of methoxy groups -OCH3 is 2. The Kier molecular flexibility index (Phi) is 11.4. The number of nitrogens with zero attached hydrogens (tertiary/aromatic N) is 1. The Morgan fingerprint density at radius 3 is 1.85 bits per heavy atom. The molecule has 1 aromatic rings. The molecule has 0 unspecified atom stereocenters. The van der Waals surface area contributed by atoms with E-state index in [1.165, 1.54) is 12.1 Å². The van der Waals surface area contributed by atoms with Crippen LogP contribution in [0.1, 0.15) is 11.1 Å². The summed E-state index contributed by atoms with van der Waals surface area (Å²) in [5.41, 5.74) is 6.91. The van der Waals surface area contributed by atoms with Crippen LogP contribution in [0.4, 0.5) is 11.4 Å². The fourth-order valence-electron chi connectivity index (χ4n) is 1.95. The van der Waals surface area contributed by atoms with Gasteiger partial charge >= 0.3 is 0 Å². The van der Waals surface area contributed by atoms with Crippen molar-refractivity contribution in [2.75, 3.05) is 60.0 Å². The molecule has 0 fully saturated rings. The van der Waals surface area contributed by atoms with Crippen LogP contribution in [-0.4, -0.2) is 59.2 Å². The highest BCUT2D eigenvalue weighted by Crippen LogP contribution is 2.27. The van der Waals surface area contributed by atoms with E-state index in [-0.39, 0.29) is 38.2 Å². The maximum Gasteiger partial charge on any atom is 0.292 e. The molecular formula is C16H26N2O8. The van der Waals surface area contributed by atoms with Gasteiger partial charge in [0.1, 0.15) is 19.3 Å². The van der Waals surface area contributed by atoms with E-state index in [0.717, 1.165) is 0 Å². The Hall–Kier alpha value is -1.82. The smallest absolute Gasteiger partial charge is 0.292 e. The lowest BCUT2D eigenvalue weighted by Crippen LogP contribution is -2.10. The van der Waals surface area contributed by atoms with Crippen LogP contribution in [0, 0.1) is 10.1 Å². The largest absolute Gasteiger partial charge is 0.393 e. The molecule has 2 N–H and O–H groups in total. The molecule has 0 heterocycles. The van der Waals surface area contributed by atoms with Crippen molar-refractivity contribution in [3.8, 4) is 0 Å². The first-order valence-electron chi connectivity index (χ1n) is 7.94. The van der Waals surface area contributed by atoms with Crippen molar-refractivity contribution in [2.45, 2.75) is 13.2 Å². The number of ether oxygens (including phenoxy) is 6. The van der Waals surface area contributed by atoms with Gasteiger partial charge in [-0.3, -0.25) is 10.1 Å². The molecule has 0 saturated heterocycles. The molecule has 1 rings (SSSR count). The zero-order chi connectivity index (χ0) is 19.2. The highest BCUT2D eigenvalue weighted by Gasteiger charge is 2.16. The van der Waals surface area contributed by atoms with Gasteiger partial charge in [0.15, 0.2) is 0 Å². The van der Waals surface area contributed by atoms with E-state index in [0.29, 0.717) is 37.6 Å². The van der Waals surface area contributed by atoms with E-state index >= 15 is 0 Å². The first kappa shape index (κ1) is 22.2. The second-order valence-electron chi connectivity index (χ2n) is 5.17. The molecular weight excluding hydrogens is 348 g/mol. The van der Waals surface area contributed by atoms with Gasteiger partial charge in [0, 0.05) is 20.3 Å². The van der Waals surface area contributed by atoms with E-state index in [2.05, 4.69) is 0 Å². The Morgan fingerprint density at radius 1 is 0.885 bits per heavy atom. The van der Waals surface area contributed by atoms with Crippen molar-refractivity contribution in [3.63, 3.8) is 0 Å². The monoisotopic (exact) mass is 374 g/mol. The third-order valence-electron chi connectivity index (χ3n) is 3.26. The lowest BCUT2D eigenvalue weighted by atomic mass is 10.1. The molecule has 0 atom stereocenters. The summed E-state index contributed by atoms with van der Waals surface area (Å²) in [4.78, 5) is 10.5. The van der Waals surface area contributed by atoms with E-state index < -0.39 is 4.92 Å².